The molecule has 6 nitrogen and oxygen atoms in total. The summed E-state index contributed by atoms with van der Waals surface area (Å²) in [6.07, 6.45) is 4.91. The van der Waals surface area contributed by atoms with Gasteiger partial charge in [0.05, 0.1) is 12.1 Å². The zero-order chi connectivity index (χ0) is 15.2. The highest BCUT2D eigenvalue weighted by Crippen LogP contribution is 2.11. The monoisotopic (exact) mass is 290 g/mol. The maximum absolute atomic E-state index is 11.7. The van der Waals surface area contributed by atoms with E-state index in [2.05, 4.69) is 33.9 Å². The van der Waals surface area contributed by atoms with Crippen LogP contribution in [0.4, 0.5) is 0 Å². The van der Waals surface area contributed by atoms with Gasteiger partial charge in [-0.25, -0.2) is 4.98 Å². The summed E-state index contributed by atoms with van der Waals surface area (Å²) in [6, 6.07) is 1.78. The molecule has 0 radical (unpaired) electrons. The van der Waals surface area contributed by atoms with Crippen LogP contribution in [0.15, 0.2) is 23.0 Å². The molecular weight excluding hydrogens is 268 g/mol. The molecule has 0 fully saturated rings. The molecule has 0 spiro atoms. The van der Waals surface area contributed by atoms with E-state index < -0.39 is 0 Å². The number of imidazole rings is 1. The average Bonchev–Trinajstić information content (AvgIpc) is 3.04. The summed E-state index contributed by atoms with van der Waals surface area (Å²) in [6.45, 7) is 7.58. The van der Waals surface area contributed by atoms with E-state index in [1.54, 1.807) is 6.07 Å². The maximum atomic E-state index is 11.7. The Labute approximate surface area is 124 Å². The van der Waals surface area contributed by atoms with Crippen LogP contribution in [0.2, 0.25) is 0 Å². The molecule has 0 saturated carbocycles. The minimum Gasteiger partial charge on any atom is -0.361 e. The summed E-state index contributed by atoms with van der Waals surface area (Å²) >= 11 is 0. The molecular formula is C15H22N4O2. The zero-order valence-corrected chi connectivity index (χ0v) is 12.8. The number of nitrogens with one attached hydrogen (secondary N) is 1. The number of amides is 1. The van der Waals surface area contributed by atoms with Crippen LogP contribution in [0.3, 0.4) is 0 Å². The number of aryl methyl sites for hydroxylation is 2. The highest BCUT2D eigenvalue weighted by molar-refractivity contribution is 5.77. The van der Waals surface area contributed by atoms with E-state index in [9.17, 15) is 4.79 Å². The molecule has 21 heavy (non-hydrogen) atoms. The summed E-state index contributed by atoms with van der Waals surface area (Å²) in [5.41, 5.74) is 0.791. The van der Waals surface area contributed by atoms with Crippen LogP contribution in [-0.2, 0) is 17.8 Å². The fourth-order valence-electron chi connectivity index (χ4n) is 2.21. The Kier molecular flexibility index (Phi) is 5.14. The summed E-state index contributed by atoms with van der Waals surface area (Å²) < 4.78 is 7.15. The van der Waals surface area contributed by atoms with E-state index in [0.29, 0.717) is 18.2 Å². The number of carbonyl (C=O) groups is 1. The van der Waals surface area contributed by atoms with Gasteiger partial charge in [0, 0.05) is 37.5 Å². The molecule has 0 aromatic carbocycles. The lowest BCUT2D eigenvalue weighted by molar-refractivity contribution is -0.120. The van der Waals surface area contributed by atoms with Crippen LogP contribution in [0.1, 0.15) is 43.5 Å². The number of hydrogen-bond acceptors (Lipinski definition) is 4. The quantitative estimate of drug-likeness (QED) is 0.792. The first kappa shape index (κ1) is 15.3. The van der Waals surface area contributed by atoms with Crippen LogP contribution in [0.5, 0.6) is 0 Å². The molecule has 2 rings (SSSR count). The molecule has 1 N–H and O–H groups in total. The first-order chi connectivity index (χ1) is 10.1. The van der Waals surface area contributed by atoms with E-state index >= 15 is 0 Å². The van der Waals surface area contributed by atoms with Crippen LogP contribution in [0, 0.1) is 6.92 Å². The highest BCUT2D eigenvalue weighted by Gasteiger charge is 2.09. The molecule has 2 aromatic rings. The van der Waals surface area contributed by atoms with Crippen molar-refractivity contribution in [3.8, 4) is 0 Å². The van der Waals surface area contributed by atoms with Crippen molar-refractivity contribution < 1.29 is 9.32 Å². The summed E-state index contributed by atoms with van der Waals surface area (Å²) in [5, 5.41) is 6.65. The summed E-state index contributed by atoms with van der Waals surface area (Å²) in [4.78, 5) is 16.1. The zero-order valence-electron chi connectivity index (χ0n) is 12.8. The van der Waals surface area contributed by atoms with Crippen molar-refractivity contribution in [1.29, 1.82) is 0 Å². The Morgan fingerprint density at radius 2 is 2.29 bits per heavy atom. The Hall–Kier alpha value is -2.11. The maximum Gasteiger partial charge on any atom is 0.227 e. The van der Waals surface area contributed by atoms with Gasteiger partial charge >= 0.3 is 0 Å². The highest BCUT2D eigenvalue weighted by atomic mass is 16.5. The van der Waals surface area contributed by atoms with Gasteiger partial charge in [-0.2, -0.15) is 0 Å². The van der Waals surface area contributed by atoms with Gasteiger partial charge in [0.2, 0.25) is 5.91 Å². The van der Waals surface area contributed by atoms with E-state index in [0.717, 1.165) is 24.5 Å². The second-order valence-corrected chi connectivity index (χ2v) is 5.45. The van der Waals surface area contributed by atoms with Crippen molar-refractivity contribution in [3.63, 3.8) is 0 Å². The van der Waals surface area contributed by atoms with E-state index in [1.807, 2.05) is 19.3 Å². The minimum absolute atomic E-state index is 0.0409. The molecule has 6 heteroatoms. The van der Waals surface area contributed by atoms with Gasteiger partial charge in [0.25, 0.3) is 0 Å². The second-order valence-electron chi connectivity index (χ2n) is 5.45. The SMILES string of the molecule is Cc1cc(CC(=O)NCCCn2ccnc2C(C)C)on1. The van der Waals surface area contributed by atoms with Crippen molar-refractivity contribution in [2.24, 2.45) is 0 Å². The normalized spacial score (nSPS) is 11.0. The first-order valence-electron chi connectivity index (χ1n) is 7.26. The molecule has 0 saturated heterocycles. The molecule has 1 amide bonds. The predicted octanol–water partition coefficient (Wildman–Crippen LogP) is 2.05. The van der Waals surface area contributed by atoms with Crippen LogP contribution < -0.4 is 5.32 Å². The van der Waals surface area contributed by atoms with Gasteiger partial charge in [0.15, 0.2) is 0 Å². The third-order valence-corrected chi connectivity index (χ3v) is 3.17. The molecule has 2 heterocycles. The fourth-order valence-corrected chi connectivity index (χ4v) is 2.21. The largest absolute Gasteiger partial charge is 0.361 e. The van der Waals surface area contributed by atoms with Crippen molar-refractivity contribution in [2.75, 3.05) is 6.54 Å². The molecule has 0 unspecified atom stereocenters. The molecule has 0 aliphatic carbocycles. The standard InChI is InChI=1S/C15H22N4O2/c1-11(2)15-17-6-8-19(15)7-4-5-16-14(20)10-13-9-12(3)18-21-13/h6,8-9,11H,4-5,7,10H2,1-3H3,(H,16,20). The van der Waals surface area contributed by atoms with Crippen molar-refractivity contribution >= 4 is 5.91 Å². The van der Waals surface area contributed by atoms with Crippen LogP contribution in [-0.4, -0.2) is 27.2 Å². The number of hydrogen-bond donors (Lipinski definition) is 1. The van der Waals surface area contributed by atoms with Gasteiger partial charge in [-0.15, -0.1) is 0 Å². The average molecular weight is 290 g/mol. The lowest BCUT2D eigenvalue weighted by Crippen LogP contribution is -2.26. The second kappa shape index (κ2) is 7.06. The third-order valence-electron chi connectivity index (χ3n) is 3.17. The van der Waals surface area contributed by atoms with Gasteiger partial charge in [-0.3, -0.25) is 4.79 Å². The number of aromatic nitrogens is 3. The van der Waals surface area contributed by atoms with Gasteiger partial charge < -0.3 is 14.4 Å². The molecule has 0 aliphatic heterocycles. The Bertz CT molecular complexity index is 586. The Balaban J connectivity index is 1.69. The minimum atomic E-state index is -0.0409. The third kappa shape index (κ3) is 4.44. The molecule has 114 valence electrons. The smallest absolute Gasteiger partial charge is 0.227 e. The van der Waals surface area contributed by atoms with Crippen LogP contribution in [0.25, 0.3) is 0 Å². The van der Waals surface area contributed by atoms with E-state index in [-0.39, 0.29) is 12.3 Å². The summed E-state index contributed by atoms with van der Waals surface area (Å²) in [7, 11) is 0. The van der Waals surface area contributed by atoms with Crippen LogP contribution >= 0.6 is 0 Å². The molecule has 0 atom stereocenters. The lowest BCUT2D eigenvalue weighted by atomic mass is 10.2. The van der Waals surface area contributed by atoms with Crippen molar-refractivity contribution in [2.45, 2.75) is 46.1 Å². The number of rotatable bonds is 7. The fraction of sp³-hybridized carbons (Fsp3) is 0.533. The Morgan fingerprint density at radius 1 is 1.48 bits per heavy atom. The lowest BCUT2D eigenvalue weighted by Gasteiger charge is -2.10. The van der Waals surface area contributed by atoms with Crippen molar-refractivity contribution in [1.82, 2.24) is 20.0 Å². The number of nitrogens with zero attached hydrogens (tertiary/aromatic N) is 3. The van der Waals surface area contributed by atoms with Gasteiger partial charge in [-0.1, -0.05) is 19.0 Å². The van der Waals surface area contributed by atoms with Gasteiger partial charge in [0.1, 0.15) is 11.6 Å². The predicted molar refractivity (Wildman–Crippen MR) is 78.9 cm³/mol. The van der Waals surface area contributed by atoms with Crippen molar-refractivity contribution in [3.05, 3.63) is 35.7 Å². The Morgan fingerprint density at radius 3 is 2.95 bits per heavy atom. The van der Waals surface area contributed by atoms with E-state index in [4.69, 9.17) is 4.52 Å². The number of carbonyl (C=O) groups excluding carboxylic acids is 1. The van der Waals surface area contributed by atoms with Gasteiger partial charge in [-0.05, 0) is 13.3 Å². The molecule has 0 bridgehead atoms. The topological polar surface area (TPSA) is 73.0 Å². The molecule has 2 aromatic heterocycles. The summed E-state index contributed by atoms with van der Waals surface area (Å²) in [5.74, 6) is 2.05. The molecule has 0 aliphatic rings. The van der Waals surface area contributed by atoms with E-state index in [1.165, 1.54) is 0 Å². The first-order valence-corrected chi connectivity index (χ1v) is 7.26.